The molecule has 1 N–H and O–H groups in total. The molecule has 1 saturated carbocycles. The lowest BCUT2D eigenvalue weighted by atomic mass is 9.80. The van der Waals surface area contributed by atoms with Crippen LogP contribution in [0.5, 0.6) is 0 Å². The van der Waals surface area contributed by atoms with Crippen LogP contribution in [0.2, 0.25) is 0 Å². The number of hydrogen-bond donors (Lipinski definition) is 1. The second-order valence-corrected chi connectivity index (χ2v) is 6.72. The summed E-state index contributed by atoms with van der Waals surface area (Å²) < 4.78 is 5.10. The van der Waals surface area contributed by atoms with Gasteiger partial charge in [0, 0.05) is 26.2 Å². The molecule has 0 aromatic rings. The predicted molar refractivity (Wildman–Crippen MR) is 85.1 cm³/mol. The fraction of sp³-hybridized carbons (Fsp3) is 1.00. The first kappa shape index (κ1) is 16.3. The van der Waals surface area contributed by atoms with Gasteiger partial charge >= 0.3 is 0 Å². The minimum absolute atomic E-state index is 0.830. The Labute approximate surface area is 125 Å². The number of ether oxygens (including phenoxy) is 1. The molecular formula is C17H34N2O. The van der Waals surface area contributed by atoms with Gasteiger partial charge in [0.1, 0.15) is 0 Å². The van der Waals surface area contributed by atoms with Crippen LogP contribution in [0.4, 0.5) is 0 Å². The average Bonchev–Trinajstić information content (AvgIpc) is 2.52. The third kappa shape index (κ3) is 4.71. The maximum absolute atomic E-state index is 5.10. The zero-order valence-corrected chi connectivity index (χ0v) is 13.6. The number of piperidine rings is 1. The molecule has 2 fully saturated rings. The smallest absolute Gasteiger partial charge is 0.0587 e. The molecule has 0 aromatic heterocycles. The highest BCUT2D eigenvalue weighted by atomic mass is 16.5. The van der Waals surface area contributed by atoms with E-state index in [1.165, 1.54) is 64.6 Å². The summed E-state index contributed by atoms with van der Waals surface area (Å²) in [4.78, 5) is 2.83. The third-order valence-electron chi connectivity index (χ3n) is 5.33. The van der Waals surface area contributed by atoms with Crippen molar-refractivity contribution >= 4 is 0 Å². The van der Waals surface area contributed by atoms with E-state index in [-0.39, 0.29) is 0 Å². The van der Waals surface area contributed by atoms with Crippen molar-refractivity contribution in [3.05, 3.63) is 0 Å². The molecule has 3 atom stereocenters. The van der Waals surface area contributed by atoms with Crippen molar-refractivity contribution in [3.8, 4) is 0 Å². The summed E-state index contributed by atoms with van der Waals surface area (Å²) >= 11 is 0. The van der Waals surface area contributed by atoms with Gasteiger partial charge in [0.2, 0.25) is 0 Å². The highest BCUT2D eigenvalue weighted by Gasteiger charge is 2.31. The zero-order chi connectivity index (χ0) is 14.2. The van der Waals surface area contributed by atoms with E-state index in [1.807, 2.05) is 0 Å². The van der Waals surface area contributed by atoms with Crippen LogP contribution in [0.3, 0.4) is 0 Å². The largest absolute Gasteiger partial charge is 0.383 e. The van der Waals surface area contributed by atoms with Crippen molar-refractivity contribution in [2.24, 2.45) is 11.8 Å². The number of nitrogens with zero attached hydrogens (tertiary/aromatic N) is 1. The average molecular weight is 282 g/mol. The molecule has 0 bridgehead atoms. The van der Waals surface area contributed by atoms with Crippen LogP contribution in [-0.4, -0.2) is 50.8 Å². The number of hydrogen-bond acceptors (Lipinski definition) is 3. The van der Waals surface area contributed by atoms with E-state index in [2.05, 4.69) is 17.1 Å². The van der Waals surface area contributed by atoms with Crippen LogP contribution < -0.4 is 5.32 Å². The molecule has 1 aliphatic heterocycles. The van der Waals surface area contributed by atoms with Crippen LogP contribution in [0, 0.1) is 11.8 Å². The molecule has 0 amide bonds. The quantitative estimate of drug-likeness (QED) is 0.727. The molecule has 2 aliphatic rings. The number of methoxy groups -OCH3 is 1. The van der Waals surface area contributed by atoms with Gasteiger partial charge in [-0.05, 0) is 50.6 Å². The predicted octanol–water partition coefficient (Wildman–Crippen LogP) is 2.90. The van der Waals surface area contributed by atoms with Gasteiger partial charge < -0.3 is 10.1 Å². The number of likely N-dealkylation sites (tertiary alicyclic amines) is 1. The van der Waals surface area contributed by atoms with Gasteiger partial charge in [-0.25, -0.2) is 0 Å². The molecule has 3 heteroatoms. The van der Waals surface area contributed by atoms with Crippen LogP contribution in [0.1, 0.15) is 51.9 Å². The van der Waals surface area contributed by atoms with Gasteiger partial charge in [-0.1, -0.05) is 26.2 Å². The Morgan fingerprint density at radius 1 is 1.15 bits per heavy atom. The lowest BCUT2D eigenvalue weighted by Gasteiger charge is -2.44. The topological polar surface area (TPSA) is 24.5 Å². The first-order valence-electron chi connectivity index (χ1n) is 8.78. The first-order valence-corrected chi connectivity index (χ1v) is 8.78. The molecule has 0 radical (unpaired) electrons. The van der Waals surface area contributed by atoms with Crippen LogP contribution in [-0.2, 0) is 4.74 Å². The maximum atomic E-state index is 5.10. The Hall–Kier alpha value is -0.120. The summed E-state index contributed by atoms with van der Waals surface area (Å²) in [7, 11) is 1.78. The van der Waals surface area contributed by atoms with Crippen molar-refractivity contribution in [1.82, 2.24) is 10.2 Å². The van der Waals surface area contributed by atoms with E-state index in [0.717, 1.165) is 31.0 Å². The van der Waals surface area contributed by atoms with E-state index in [9.17, 15) is 0 Å². The minimum Gasteiger partial charge on any atom is -0.383 e. The van der Waals surface area contributed by atoms with Crippen LogP contribution in [0.15, 0.2) is 0 Å². The molecular weight excluding hydrogens is 248 g/mol. The zero-order valence-electron chi connectivity index (χ0n) is 13.6. The van der Waals surface area contributed by atoms with Gasteiger partial charge in [0.15, 0.2) is 0 Å². The van der Waals surface area contributed by atoms with Crippen molar-refractivity contribution in [2.75, 3.05) is 39.9 Å². The Balaban J connectivity index is 1.76. The molecule has 118 valence electrons. The van der Waals surface area contributed by atoms with Crippen molar-refractivity contribution < 1.29 is 4.74 Å². The Bertz CT molecular complexity index is 259. The van der Waals surface area contributed by atoms with Crippen molar-refractivity contribution in [2.45, 2.75) is 57.9 Å². The normalized spacial score (nSPS) is 32.4. The molecule has 1 heterocycles. The van der Waals surface area contributed by atoms with E-state index in [1.54, 1.807) is 7.11 Å². The second kappa shape index (κ2) is 9.01. The Morgan fingerprint density at radius 3 is 2.80 bits per heavy atom. The Kier molecular flexibility index (Phi) is 7.32. The van der Waals surface area contributed by atoms with Crippen LogP contribution in [0.25, 0.3) is 0 Å². The molecule has 20 heavy (non-hydrogen) atoms. The summed E-state index contributed by atoms with van der Waals surface area (Å²) in [6.45, 7) is 8.04. The summed E-state index contributed by atoms with van der Waals surface area (Å²) in [5, 5.41) is 3.55. The minimum atomic E-state index is 0.830. The standard InChI is InChI=1S/C17H34N2O/c1-3-16-8-4-5-9-17(16)19-11-6-7-15(14-19)13-18-10-12-20-2/h15-18H,3-14H2,1-2H3. The van der Waals surface area contributed by atoms with Crippen LogP contribution >= 0.6 is 0 Å². The second-order valence-electron chi connectivity index (χ2n) is 6.72. The summed E-state index contributed by atoms with van der Waals surface area (Å²) in [6.07, 6.45) is 10.00. The lowest BCUT2D eigenvalue weighted by Crippen LogP contribution is -2.49. The Morgan fingerprint density at radius 2 is 2.00 bits per heavy atom. The molecule has 1 saturated heterocycles. The third-order valence-corrected chi connectivity index (χ3v) is 5.33. The molecule has 3 nitrogen and oxygen atoms in total. The van der Waals surface area contributed by atoms with Gasteiger partial charge in [-0.3, -0.25) is 4.90 Å². The SMILES string of the molecule is CCC1CCCCC1N1CCCC(CNCCOC)C1. The molecule has 1 aliphatic carbocycles. The van der Waals surface area contributed by atoms with Gasteiger partial charge in [-0.2, -0.15) is 0 Å². The van der Waals surface area contributed by atoms with E-state index >= 15 is 0 Å². The van der Waals surface area contributed by atoms with Crippen molar-refractivity contribution in [1.29, 1.82) is 0 Å². The molecule has 3 unspecified atom stereocenters. The summed E-state index contributed by atoms with van der Waals surface area (Å²) in [6, 6.07) is 0.885. The maximum Gasteiger partial charge on any atom is 0.0587 e. The number of nitrogens with one attached hydrogen (secondary N) is 1. The molecule has 0 spiro atoms. The van der Waals surface area contributed by atoms with Gasteiger partial charge in [0.25, 0.3) is 0 Å². The van der Waals surface area contributed by atoms with Gasteiger partial charge in [-0.15, -0.1) is 0 Å². The van der Waals surface area contributed by atoms with Crippen molar-refractivity contribution in [3.63, 3.8) is 0 Å². The molecule has 0 aromatic carbocycles. The highest BCUT2D eigenvalue weighted by molar-refractivity contribution is 4.86. The molecule has 2 rings (SSSR count). The summed E-state index contributed by atoms with van der Waals surface area (Å²) in [5.74, 6) is 1.81. The van der Waals surface area contributed by atoms with E-state index in [4.69, 9.17) is 4.74 Å². The monoisotopic (exact) mass is 282 g/mol. The lowest BCUT2D eigenvalue weighted by molar-refractivity contribution is 0.0594. The fourth-order valence-corrected chi connectivity index (χ4v) is 4.19. The van der Waals surface area contributed by atoms with E-state index < -0.39 is 0 Å². The summed E-state index contributed by atoms with van der Waals surface area (Å²) in [5.41, 5.74) is 0. The number of rotatable bonds is 7. The first-order chi connectivity index (χ1) is 9.85. The highest BCUT2D eigenvalue weighted by Crippen LogP contribution is 2.33. The van der Waals surface area contributed by atoms with E-state index in [0.29, 0.717) is 0 Å². The fourth-order valence-electron chi connectivity index (χ4n) is 4.19. The van der Waals surface area contributed by atoms with Gasteiger partial charge in [0.05, 0.1) is 6.61 Å².